The van der Waals surface area contributed by atoms with Crippen LogP contribution in [0.15, 0.2) is 12.3 Å². The fourth-order valence-corrected chi connectivity index (χ4v) is 3.67. The van der Waals surface area contributed by atoms with Crippen LogP contribution in [0.1, 0.15) is 31.4 Å². The first-order chi connectivity index (χ1) is 8.74. The Labute approximate surface area is 109 Å². The molecule has 4 heteroatoms. The lowest BCUT2D eigenvalue weighted by atomic mass is 9.91. The molecule has 0 radical (unpaired) electrons. The van der Waals surface area contributed by atoms with E-state index in [0.29, 0.717) is 0 Å². The molecule has 1 aromatic rings. The van der Waals surface area contributed by atoms with E-state index in [9.17, 15) is 0 Å². The molecule has 2 bridgehead atoms. The van der Waals surface area contributed by atoms with Gasteiger partial charge in [-0.3, -0.25) is 4.68 Å². The van der Waals surface area contributed by atoms with Crippen LogP contribution < -0.4 is 5.32 Å². The van der Waals surface area contributed by atoms with E-state index >= 15 is 0 Å². The molecule has 0 aromatic carbocycles. The van der Waals surface area contributed by atoms with Gasteiger partial charge in [-0.1, -0.05) is 0 Å². The summed E-state index contributed by atoms with van der Waals surface area (Å²) in [6.45, 7) is 2.10. The summed E-state index contributed by atoms with van der Waals surface area (Å²) in [7, 11) is 4.31. The number of nitrogens with zero attached hydrogens (tertiary/aromatic N) is 3. The molecule has 3 heterocycles. The molecule has 0 amide bonds. The van der Waals surface area contributed by atoms with Gasteiger partial charge in [-0.25, -0.2) is 0 Å². The molecule has 0 aliphatic carbocycles. The number of rotatable bonds is 4. The zero-order valence-electron chi connectivity index (χ0n) is 11.5. The number of hydrogen-bond donors (Lipinski definition) is 1. The van der Waals surface area contributed by atoms with Crippen molar-refractivity contribution in [2.24, 2.45) is 13.0 Å². The Kier molecular flexibility index (Phi) is 3.39. The highest BCUT2D eigenvalue weighted by Gasteiger charge is 2.37. The summed E-state index contributed by atoms with van der Waals surface area (Å²) < 4.78 is 1.95. The lowest BCUT2D eigenvalue weighted by Gasteiger charge is -2.36. The molecule has 2 fully saturated rings. The summed E-state index contributed by atoms with van der Waals surface area (Å²) in [5.74, 6) is 0.868. The molecule has 18 heavy (non-hydrogen) atoms. The molecule has 0 spiro atoms. The van der Waals surface area contributed by atoms with Crippen LogP contribution in [-0.2, 0) is 13.6 Å². The first kappa shape index (κ1) is 12.2. The summed E-state index contributed by atoms with van der Waals surface area (Å²) in [5, 5.41) is 7.80. The van der Waals surface area contributed by atoms with E-state index in [1.807, 2.05) is 17.9 Å². The smallest absolute Gasteiger partial charge is 0.0518 e. The largest absolute Gasteiger partial charge is 0.311 e. The maximum atomic E-state index is 4.20. The highest BCUT2D eigenvalue weighted by atomic mass is 15.3. The minimum Gasteiger partial charge on any atom is -0.311 e. The van der Waals surface area contributed by atoms with Crippen molar-refractivity contribution in [3.8, 4) is 0 Å². The average molecular weight is 248 g/mol. The maximum absolute atomic E-state index is 4.20. The van der Waals surface area contributed by atoms with Crippen LogP contribution in [0.3, 0.4) is 0 Å². The molecule has 0 saturated carbocycles. The normalized spacial score (nSPS) is 32.0. The van der Waals surface area contributed by atoms with Crippen molar-refractivity contribution in [3.05, 3.63) is 18.0 Å². The van der Waals surface area contributed by atoms with Gasteiger partial charge in [0.1, 0.15) is 0 Å². The summed E-state index contributed by atoms with van der Waals surface area (Å²) in [5.41, 5.74) is 1.27. The second-order valence-electron chi connectivity index (χ2n) is 5.96. The van der Waals surface area contributed by atoms with E-state index in [2.05, 4.69) is 28.4 Å². The Morgan fingerprint density at radius 1 is 1.28 bits per heavy atom. The number of piperidine rings is 1. The lowest BCUT2D eigenvalue weighted by molar-refractivity contribution is 0.132. The van der Waals surface area contributed by atoms with Gasteiger partial charge in [0, 0.05) is 31.9 Å². The van der Waals surface area contributed by atoms with Gasteiger partial charge < -0.3 is 10.2 Å². The molecule has 2 unspecified atom stereocenters. The number of fused-ring (bicyclic) bond motifs is 2. The summed E-state index contributed by atoms with van der Waals surface area (Å²) in [6, 6.07) is 3.80. The number of hydrogen-bond acceptors (Lipinski definition) is 3. The summed E-state index contributed by atoms with van der Waals surface area (Å²) in [4.78, 5) is 2.61. The van der Waals surface area contributed by atoms with Gasteiger partial charge in [0.25, 0.3) is 0 Å². The Hall–Kier alpha value is -0.870. The zero-order chi connectivity index (χ0) is 12.5. The average Bonchev–Trinajstić information content (AvgIpc) is 2.82. The summed E-state index contributed by atoms with van der Waals surface area (Å²) in [6.07, 6.45) is 7.46. The van der Waals surface area contributed by atoms with Crippen LogP contribution in [0.25, 0.3) is 0 Å². The van der Waals surface area contributed by atoms with Crippen molar-refractivity contribution in [2.75, 3.05) is 13.6 Å². The topological polar surface area (TPSA) is 33.1 Å². The Bertz CT molecular complexity index is 386. The molecule has 2 aliphatic heterocycles. The minimum atomic E-state index is 0.854. The standard InChI is InChI=1S/C14H24N4/c1-17-12-3-4-13(17)8-11(7-12)9-15-10-14-5-6-16-18(14)2/h5-6,11-13,15H,3-4,7-10H2,1-2H3. The van der Waals surface area contributed by atoms with Crippen LogP contribution in [0, 0.1) is 5.92 Å². The predicted molar refractivity (Wildman–Crippen MR) is 72.2 cm³/mol. The van der Waals surface area contributed by atoms with Gasteiger partial charge in [0.05, 0.1) is 5.69 Å². The highest BCUT2D eigenvalue weighted by Crippen LogP contribution is 2.36. The van der Waals surface area contributed by atoms with Gasteiger partial charge in [-0.2, -0.15) is 5.10 Å². The molecule has 1 N–H and O–H groups in total. The lowest BCUT2D eigenvalue weighted by Crippen LogP contribution is -2.42. The second kappa shape index (κ2) is 5.02. The third-order valence-electron chi connectivity index (χ3n) is 4.86. The van der Waals surface area contributed by atoms with Crippen molar-refractivity contribution in [1.29, 1.82) is 0 Å². The zero-order valence-corrected chi connectivity index (χ0v) is 11.5. The maximum Gasteiger partial charge on any atom is 0.0518 e. The van der Waals surface area contributed by atoms with Gasteiger partial charge in [0.2, 0.25) is 0 Å². The molecule has 1 aromatic heterocycles. The number of aromatic nitrogens is 2. The van der Waals surface area contributed by atoms with Crippen LogP contribution >= 0.6 is 0 Å². The molecular formula is C14H24N4. The SMILES string of the molecule is CN1C2CCC1CC(CNCc1ccnn1C)C2. The molecule has 2 saturated heterocycles. The molecular weight excluding hydrogens is 224 g/mol. The van der Waals surface area contributed by atoms with Crippen molar-refractivity contribution >= 4 is 0 Å². The quantitative estimate of drug-likeness (QED) is 0.874. The molecule has 100 valence electrons. The van der Waals surface area contributed by atoms with Gasteiger partial charge in [-0.05, 0) is 51.3 Å². The van der Waals surface area contributed by atoms with Crippen molar-refractivity contribution in [2.45, 2.75) is 44.3 Å². The second-order valence-corrected chi connectivity index (χ2v) is 5.96. The van der Waals surface area contributed by atoms with E-state index in [0.717, 1.165) is 31.1 Å². The van der Waals surface area contributed by atoms with E-state index in [1.54, 1.807) is 0 Å². The van der Waals surface area contributed by atoms with Crippen LogP contribution in [0.5, 0.6) is 0 Å². The first-order valence-corrected chi connectivity index (χ1v) is 7.13. The van der Waals surface area contributed by atoms with Crippen molar-refractivity contribution < 1.29 is 0 Å². The Morgan fingerprint density at radius 2 is 2.00 bits per heavy atom. The molecule has 3 rings (SSSR count). The van der Waals surface area contributed by atoms with E-state index in [4.69, 9.17) is 0 Å². The van der Waals surface area contributed by atoms with Crippen molar-refractivity contribution in [1.82, 2.24) is 20.0 Å². The van der Waals surface area contributed by atoms with E-state index < -0.39 is 0 Å². The van der Waals surface area contributed by atoms with E-state index in [-0.39, 0.29) is 0 Å². The van der Waals surface area contributed by atoms with Crippen LogP contribution in [-0.4, -0.2) is 40.4 Å². The Morgan fingerprint density at radius 3 is 2.61 bits per heavy atom. The van der Waals surface area contributed by atoms with Gasteiger partial charge in [-0.15, -0.1) is 0 Å². The molecule has 2 atom stereocenters. The van der Waals surface area contributed by atoms with Crippen LogP contribution in [0.4, 0.5) is 0 Å². The fourth-order valence-electron chi connectivity index (χ4n) is 3.67. The predicted octanol–water partition coefficient (Wildman–Crippen LogP) is 1.38. The van der Waals surface area contributed by atoms with Crippen molar-refractivity contribution in [3.63, 3.8) is 0 Å². The fraction of sp³-hybridized carbons (Fsp3) is 0.786. The Balaban J connectivity index is 1.46. The van der Waals surface area contributed by atoms with Gasteiger partial charge in [0.15, 0.2) is 0 Å². The summed E-state index contributed by atoms with van der Waals surface area (Å²) >= 11 is 0. The van der Waals surface area contributed by atoms with Gasteiger partial charge >= 0.3 is 0 Å². The number of aryl methyl sites for hydroxylation is 1. The third kappa shape index (κ3) is 2.31. The minimum absolute atomic E-state index is 0.854. The first-order valence-electron chi connectivity index (χ1n) is 7.13. The monoisotopic (exact) mass is 248 g/mol. The highest BCUT2D eigenvalue weighted by molar-refractivity contribution is 4.99. The van der Waals surface area contributed by atoms with E-state index in [1.165, 1.54) is 31.4 Å². The number of nitrogens with one attached hydrogen (secondary N) is 1. The van der Waals surface area contributed by atoms with Crippen LogP contribution in [0.2, 0.25) is 0 Å². The third-order valence-corrected chi connectivity index (χ3v) is 4.86. The molecule has 2 aliphatic rings. The molecule has 4 nitrogen and oxygen atoms in total.